The Kier molecular flexibility index (Phi) is 3.55. The monoisotopic (exact) mass is 349 g/mol. The molecule has 0 saturated carbocycles. The Bertz CT molecular complexity index is 951. The van der Waals surface area contributed by atoms with Crippen LogP contribution < -0.4 is 0 Å². The molecule has 0 aliphatic carbocycles. The molecule has 1 aromatic heterocycles. The largest absolute Gasteiger partial charge is 0.345 e. The van der Waals surface area contributed by atoms with Gasteiger partial charge in [-0.3, -0.25) is 4.79 Å². The van der Waals surface area contributed by atoms with Crippen molar-refractivity contribution in [3.63, 3.8) is 0 Å². The molecule has 2 aromatic carbocycles. The van der Waals surface area contributed by atoms with Crippen LogP contribution in [0.15, 0.2) is 48.8 Å². The molecule has 26 heavy (non-hydrogen) atoms. The second kappa shape index (κ2) is 5.94. The standard InChI is InChI=1S/C21H20FN3O/c22-15-6-4-13(5-7-15)14-10-16-8-9-17(11-14)25(16)21(26)18-2-1-3-19-20(18)24-12-23-19/h1-7,12,14,16-17H,8-11H2,(H,23,24)/t14-,16+,17-. The number of H-pyrrole nitrogens is 1. The molecular formula is C21H20FN3O. The van der Waals surface area contributed by atoms with Crippen LogP contribution >= 0.6 is 0 Å². The molecule has 3 atom stereocenters. The van der Waals surface area contributed by atoms with E-state index in [9.17, 15) is 9.18 Å². The molecule has 2 aliphatic rings. The number of nitrogens with one attached hydrogen (secondary N) is 1. The highest BCUT2D eigenvalue weighted by atomic mass is 19.1. The molecule has 3 heterocycles. The molecule has 4 nitrogen and oxygen atoms in total. The molecule has 1 N–H and O–H groups in total. The highest BCUT2D eigenvalue weighted by Gasteiger charge is 2.44. The Hall–Kier alpha value is -2.69. The van der Waals surface area contributed by atoms with Gasteiger partial charge in [0.05, 0.1) is 17.4 Å². The number of amides is 1. The molecular weight excluding hydrogens is 329 g/mol. The minimum atomic E-state index is -0.198. The predicted molar refractivity (Wildman–Crippen MR) is 97.4 cm³/mol. The van der Waals surface area contributed by atoms with Crippen LogP contribution in [0.1, 0.15) is 47.5 Å². The van der Waals surface area contributed by atoms with Crippen LogP contribution in [-0.2, 0) is 0 Å². The summed E-state index contributed by atoms with van der Waals surface area (Å²) in [5.74, 6) is 0.294. The van der Waals surface area contributed by atoms with E-state index in [2.05, 4.69) is 14.9 Å². The highest BCUT2D eigenvalue weighted by molar-refractivity contribution is 6.05. The molecule has 3 aromatic rings. The maximum absolute atomic E-state index is 13.3. The first-order valence-corrected chi connectivity index (χ1v) is 9.21. The number of halogens is 1. The predicted octanol–water partition coefficient (Wildman–Crippen LogP) is 4.25. The molecule has 5 rings (SSSR count). The van der Waals surface area contributed by atoms with Crippen molar-refractivity contribution in [2.24, 2.45) is 0 Å². The number of nitrogens with zero attached hydrogens (tertiary/aromatic N) is 2. The summed E-state index contributed by atoms with van der Waals surface area (Å²) in [4.78, 5) is 22.8. The smallest absolute Gasteiger partial charge is 0.256 e. The molecule has 132 valence electrons. The number of aromatic nitrogens is 2. The fourth-order valence-corrected chi connectivity index (χ4v) is 4.79. The second-order valence-corrected chi connectivity index (χ2v) is 7.42. The summed E-state index contributed by atoms with van der Waals surface area (Å²) in [6.07, 6.45) is 5.63. The van der Waals surface area contributed by atoms with E-state index in [1.165, 1.54) is 17.7 Å². The number of hydrogen-bond donors (Lipinski definition) is 1. The summed E-state index contributed by atoms with van der Waals surface area (Å²) in [5.41, 5.74) is 3.51. The normalized spacial score (nSPS) is 25.0. The Morgan fingerprint density at radius 3 is 2.54 bits per heavy atom. The average Bonchev–Trinajstić information content (AvgIpc) is 3.23. The Labute approximate surface area is 151 Å². The Morgan fingerprint density at radius 2 is 1.81 bits per heavy atom. The molecule has 2 bridgehead atoms. The maximum Gasteiger partial charge on any atom is 0.256 e. The van der Waals surface area contributed by atoms with E-state index in [-0.39, 0.29) is 23.8 Å². The summed E-state index contributed by atoms with van der Waals surface area (Å²) >= 11 is 0. The van der Waals surface area contributed by atoms with Gasteiger partial charge in [0.15, 0.2) is 0 Å². The molecule has 1 amide bonds. The highest BCUT2D eigenvalue weighted by Crippen LogP contribution is 2.44. The lowest BCUT2D eigenvalue weighted by Crippen LogP contribution is -2.46. The molecule has 2 fully saturated rings. The number of aromatic amines is 1. The van der Waals surface area contributed by atoms with Gasteiger partial charge < -0.3 is 9.88 Å². The number of carbonyl (C=O) groups is 1. The first-order chi connectivity index (χ1) is 12.7. The minimum absolute atomic E-state index is 0.0905. The summed E-state index contributed by atoms with van der Waals surface area (Å²) in [7, 11) is 0. The minimum Gasteiger partial charge on any atom is -0.345 e. The average molecular weight is 349 g/mol. The van der Waals surface area contributed by atoms with Gasteiger partial charge in [0, 0.05) is 12.1 Å². The van der Waals surface area contributed by atoms with E-state index in [1.54, 1.807) is 6.33 Å². The van der Waals surface area contributed by atoms with Gasteiger partial charge in [-0.2, -0.15) is 0 Å². The molecule has 0 radical (unpaired) electrons. The number of hydrogen-bond acceptors (Lipinski definition) is 2. The van der Waals surface area contributed by atoms with Crippen molar-refractivity contribution in [3.8, 4) is 0 Å². The SMILES string of the molecule is O=C(c1cccc2[nH]cnc12)N1[C@@H]2CC[C@H]1C[C@@H](c1ccc(F)cc1)C2. The summed E-state index contributed by atoms with van der Waals surface area (Å²) in [5, 5.41) is 0. The molecule has 5 heteroatoms. The number of piperidine rings is 1. The van der Waals surface area contributed by atoms with Crippen molar-refractivity contribution < 1.29 is 9.18 Å². The van der Waals surface area contributed by atoms with E-state index in [0.717, 1.165) is 36.7 Å². The third-order valence-electron chi connectivity index (χ3n) is 5.99. The molecule has 0 spiro atoms. The fourth-order valence-electron chi connectivity index (χ4n) is 4.79. The van der Waals surface area contributed by atoms with Gasteiger partial charge in [-0.05, 0) is 61.4 Å². The van der Waals surface area contributed by atoms with Crippen LogP contribution in [-0.4, -0.2) is 32.9 Å². The van der Waals surface area contributed by atoms with E-state index in [4.69, 9.17) is 0 Å². The van der Waals surface area contributed by atoms with Crippen LogP contribution in [0.5, 0.6) is 0 Å². The second-order valence-electron chi connectivity index (χ2n) is 7.42. The zero-order valence-corrected chi connectivity index (χ0v) is 14.4. The Balaban J connectivity index is 1.43. The van der Waals surface area contributed by atoms with E-state index in [0.29, 0.717) is 11.5 Å². The van der Waals surface area contributed by atoms with Gasteiger partial charge in [0.1, 0.15) is 11.3 Å². The van der Waals surface area contributed by atoms with Crippen molar-refractivity contribution >= 4 is 16.9 Å². The van der Waals surface area contributed by atoms with Gasteiger partial charge in [-0.25, -0.2) is 9.37 Å². The third-order valence-corrected chi connectivity index (χ3v) is 5.99. The van der Waals surface area contributed by atoms with Crippen LogP contribution in [0, 0.1) is 5.82 Å². The lowest BCUT2D eigenvalue weighted by molar-refractivity contribution is 0.0573. The van der Waals surface area contributed by atoms with Gasteiger partial charge in [0.2, 0.25) is 0 Å². The van der Waals surface area contributed by atoms with Crippen molar-refractivity contribution in [2.75, 3.05) is 0 Å². The number of fused-ring (bicyclic) bond motifs is 3. The third kappa shape index (κ3) is 2.42. The van der Waals surface area contributed by atoms with E-state index >= 15 is 0 Å². The van der Waals surface area contributed by atoms with Crippen molar-refractivity contribution in [1.29, 1.82) is 0 Å². The number of rotatable bonds is 2. The first kappa shape index (κ1) is 15.6. The topological polar surface area (TPSA) is 49.0 Å². The Morgan fingerprint density at radius 1 is 1.08 bits per heavy atom. The van der Waals surface area contributed by atoms with Crippen LogP contribution in [0.2, 0.25) is 0 Å². The lowest BCUT2D eigenvalue weighted by atomic mass is 9.84. The molecule has 2 aliphatic heterocycles. The zero-order valence-electron chi connectivity index (χ0n) is 14.4. The molecule has 2 saturated heterocycles. The van der Waals surface area contributed by atoms with Crippen LogP contribution in [0.25, 0.3) is 11.0 Å². The van der Waals surface area contributed by atoms with Crippen LogP contribution in [0.3, 0.4) is 0 Å². The van der Waals surface area contributed by atoms with Gasteiger partial charge >= 0.3 is 0 Å². The van der Waals surface area contributed by atoms with Crippen molar-refractivity contribution in [3.05, 3.63) is 65.7 Å². The zero-order chi connectivity index (χ0) is 17.7. The summed E-state index contributed by atoms with van der Waals surface area (Å²) in [6, 6.07) is 13.1. The number of para-hydroxylation sites is 1. The fraction of sp³-hybridized carbons (Fsp3) is 0.333. The number of benzene rings is 2. The van der Waals surface area contributed by atoms with Crippen LogP contribution in [0.4, 0.5) is 4.39 Å². The van der Waals surface area contributed by atoms with E-state index in [1.807, 2.05) is 30.3 Å². The van der Waals surface area contributed by atoms with Crippen molar-refractivity contribution in [1.82, 2.24) is 14.9 Å². The molecule has 0 unspecified atom stereocenters. The van der Waals surface area contributed by atoms with Gasteiger partial charge in [-0.1, -0.05) is 18.2 Å². The van der Waals surface area contributed by atoms with Crippen molar-refractivity contribution in [2.45, 2.75) is 43.7 Å². The summed E-state index contributed by atoms with van der Waals surface area (Å²) in [6.45, 7) is 0. The van der Waals surface area contributed by atoms with Gasteiger partial charge in [-0.15, -0.1) is 0 Å². The number of carbonyl (C=O) groups excluding carboxylic acids is 1. The maximum atomic E-state index is 13.3. The lowest BCUT2D eigenvalue weighted by Gasteiger charge is -2.39. The number of imidazole rings is 1. The first-order valence-electron chi connectivity index (χ1n) is 9.21. The summed E-state index contributed by atoms with van der Waals surface area (Å²) < 4.78 is 13.2. The van der Waals surface area contributed by atoms with E-state index < -0.39 is 0 Å². The van der Waals surface area contributed by atoms with Gasteiger partial charge in [0.25, 0.3) is 5.91 Å². The quantitative estimate of drug-likeness (QED) is 0.752.